The van der Waals surface area contributed by atoms with E-state index in [4.69, 9.17) is 0 Å². The van der Waals surface area contributed by atoms with E-state index in [1.54, 1.807) is 17.0 Å². The predicted molar refractivity (Wildman–Crippen MR) is 117 cm³/mol. The number of hydrogen-bond acceptors (Lipinski definition) is 8. The van der Waals surface area contributed by atoms with E-state index in [1.807, 2.05) is 13.0 Å². The van der Waals surface area contributed by atoms with Crippen LogP contribution in [-0.4, -0.2) is 63.6 Å². The van der Waals surface area contributed by atoms with Crippen molar-refractivity contribution in [2.24, 2.45) is 5.92 Å². The lowest BCUT2D eigenvalue weighted by molar-refractivity contribution is -0.117. The second-order valence-electron chi connectivity index (χ2n) is 7.46. The van der Waals surface area contributed by atoms with Gasteiger partial charge < -0.3 is 0 Å². The predicted octanol–water partition coefficient (Wildman–Crippen LogP) is 1.87. The SMILES string of the molecule is C=C(c1cnc(CN2CCS(=O)(=O)CC2)s1)n1nc(NC(=O)C2CC2)nc1/C=C\C. The van der Waals surface area contributed by atoms with Crippen molar-refractivity contribution in [3.63, 3.8) is 0 Å². The van der Waals surface area contributed by atoms with Gasteiger partial charge in [-0.2, -0.15) is 4.98 Å². The van der Waals surface area contributed by atoms with Crippen LogP contribution in [0.2, 0.25) is 0 Å². The second-order valence-corrected chi connectivity index (χ2v) is 10.9. The summed E-state index contributed by atoms with van der Waals surface area (Å²) in [5.41, 5.74) is 0.618. The summed E-state index contributed by atoms with van der Waals surface area (Å²) < 4.78 is 24.8. The van der Waals surface area contributed by atoms with Gasteiger partial charge in [0.05, 0.1) is 28.6 Å². The van der Waals surface area contributed by atoms with E-state index in [1.165, 1.54) is 11.3 Å². The highest BCUT2D eigenvalue weighted by molar-refractivity contribution is 7.91. The zero-order chi connectivity index (χ0) is 21.3. The highest BCUT2D eigenvalue weighted by atomic mass is 32.2. The Balaban J connectivity index is 1.47. The number of thiazole rings is 1. The molecule has 1 amide bonds. The molecule has 9 nitrogen and oxygen atoms in total. The molecule has 1 N–H and O–H groups in total. The molecule has 2 fully saturated rings. The minimum absolute atomic E-state index is 0.0478. The number of carbonyl (C=O) groups excluding carboxylic acids is 1. The van der Waals surface area contributed by atoms with Crippen LogP contribution in [0, 0.1) is 5.92 Å². The molecule has 1 saturated carbocycles. The number of sulfone groups is 1. The lowest BCUT2D eigenvalue weighted by Gasteiger charge is -2.25. The molecule has 2 aliphatic rings. The Kier molecular flexibility index (Phi) is 5.85. The summed E-state index contributed by atoms with van der Waals surface area (Å²) in [6.45, 7) is 7.69. The van der Waals surface area contributed by atoms with E-state index in [-0.39, 0.29) is 29.3 Å². The average Bonchev–Trinajstić information content (AvgIpc) is 3.34. The van der Waals surface area contributed by atoms with Crippen molar-refractivity contribution < 1.29 is 13.2 Å². The zero-order valence-electron chi connectivity index (χ0n) is 16.7. The van der Waals surface area contributed by atoms with Gasteiger partial charge in [0.2, 0.25) is 11.9 Å². The fourth-order valence-electron chi connectivity index (χ4n) is 3.11. The van der Waals surface area contributed by atoms with Crippen LogP contribution in [0.4, 0.5) is 5.95 Å². The summed E-state index contributed by atoms with van der Waals surface area (Å²) >= 11 is 1.49. The summed E-state index contributed by atoms with van der Waals surface area (Å²) in [5, 5.41) is 8.08. The Hall–Kier alpha value is -2.37. The van der Waals surface area contributed by atoms with Crippen molar-refractivity contribution in [3.05, 3.63) is 34.6 Å². The number of amides is 1. The first-order valence-electron chi connectivity index (χ1n) is 9.82. The van der Waals surface area contributed by atoms with Gasteiger partial charge in [-0.05, 0) is 25.8 Å². The van der Waals surface area contributed by atoms with Crippen molar-refractivity contribution in [2.75, 3.05) is 29.9 Å². The van der Waals surface area contributed by atoms with Gasteiger partial charge in [0.25, 0.3) is 0 Å². The van der Waals surface area contributed by atoms with E-state index in [0.29, 0.717) is 31.2 Å². The lowest BCUT2D eigenvalue weighted by Crippen LogP contribution is -2.39. The minimum Gasteiger partial charge on any atom is -0.295 e. The summed E-state index contributed by atoms with van der Waals surface area (Å²) in [6, 6.07) is 0. The monoisotopic (exact) mass is 448 g/mol. The maximum absolute atomic E-state index is 12.0. The van der Waals surface area contributed by atoms with E-state index in [2.05, 4.69) is 31.9 Å². The van der Waals surface area contributed by atoms with Crippen molar-refractivity contribution in [1.82, 2.24) is 24.6 Å². The molecule has 11 heteroatoms. The van der Waals surface area contributed by atoms with Crippen LogP contribution < -0.4 is 5.32 Å². The van der Waals surface area contributed by atoms with Crippen LogP contribution in [0.15, 0.2) is 18.9 Å². The van der Waals surface area contributed by atoms with Gasteiger partial charge in [-0.25, -0.2) is 18.1 Å². The summed E-state index contributed by atoms with van der Waals surface area (Å²) in [6.07, 6.45) is 7.22. The van der Waals surface area contributed by atoms with Crippen molar-refractivity contribution in [2.45, 2.75) is 26.3 Å². The first-order chi connectivity index (χ1) is 14.3. The first-order valence-corrected chi connectivity index (χ1v) is 12.5. The van der Waals surface area contributed by atoms with Gasteiger partial charge in [0.1, 0.15) is 5.01 Å². The number of aromatic nitrogens is 4. The average molecular weight is 449 g/mol. The molecule has 0 spiro atoms. The Labute approximate surface area is 179 Å². The van der Waals surface area contributed by atoms with E-state index < -0.39 is 9.84 Å². The third kappa shape index (κ3) is 4.85. The third-order valence-corrected chi connectivity index (χ3v) is 7.66. The van der Waals surface area contributed by atoms with Crippen LogP contribution in [0.3, 0.4) is 0 Å². The minimum atomic E-state index is -2.90. The van der Waals surface area contributed by atoms with Crippen LogP contribution in [0.5, 0.6) is 0 Å². The van der Waals surface area contributed by atoms with E-state index in [9.17, 15) is 13.2 Å². The Morgan fingerprint density at radius 2 is 2.10 bits per heavy atom. The number of carbonyl (C=O) groups is 1. The van der Waals surface area contributed by atoms with Gasteiger partial charge in [-0.15, -0.1) is 16.4 Å². The molecular weight excluding hydrogens is 424 g/mol. The Bertz CT molecular complexity index is 1080. The van der Waals surface area contributed by atoms with Gasteiger partial charge in [-0.1, -0.05) is 12.7 Å². The van der Waals surface area contributed by atoms with Crippen LogP contribution >= 0.6 is 11.3 Å². The molecule has 3 heterocycles. The molecule has 4 rings (SSSR count). The Morgan fingerprint density at radius 1 is 1.37 bits per heavy atom. The van der Waals surface area contributed by atoms with Gasteiger partial charge in [-0.3, -0.25) is 15.0 Å². The summed E-state index contributed by atoms with van der Waals surface area (Å²) in [4.78, 5) is 23.8. The van der Waals surface area contributed by atoms with Crippen molar-refractivity contribution >= 4 is 44.8 Å². The third-order valence-electron chi connectivity index (χ3n) is 5.02. The molecule has 160 valence electrons. The fraction of sp³-hybridized carbons (Fsp3) is 0.474. The number of nitrogens with zero attached hydrogens (tertiary/aromatic N) is 5. The largest absolute Gasteiger partial charge is 0.295 e. The maximum atomic E-state index is 12.0. The molecule has 0 bridgehead atoms. The highest BCUT2D eigenvalue weighted by Gasteiger charge is 2.30. The quantitative estimate of drug-likeness (QED) is 0.688. The topological polar surface area (TPSA) is 110 Å². The maximum Gasteiger partial charge on any atom is 0.249 e. The second kappa shape index (κ2) is 8.40. The molecule has 1 saturated heterocycles. The molecule has 0 aromatic carbocycles. The zero-order valence-corrected chi connectivity index (χ0v) is 18.4. The molecule has 2 aromatic heterocycles. The van der Waals surface area contributed by atoms with Crippen LogP contribution in [0.1, 0.15) is 35.5 Å². The Morgan fingerprint density at radius 3 is 2.77 bits per heavy atom. The number of allylic oxidation sites excluding steroid dienone is 1. The van der Waals surface area contributed by atoms with Gasteiger partial charge in [0, 0.05) is 25.2 Å². The summed E-state index contributed by atoms with van der Waals surface area (Å²) in [5.74, 6) is 1.25. The normalized spacial score (nSPS) is 19.2. The molecule has 0 atom stereocenters. The van der Waals surface area contributed by atoms with Gasteiger partial charge in [0.15, 0.2) is 15.7 Å². The smallest absolute Gasteiger partial charge is 0.249 e. The number of rotatable bonds is 7. The molecular formula is C19H24N6O3S2. The highest BCUT2D eigenvalue weighted by Crippen LogP contribution is 2.30. The number of hydrogen-bond donors (Lipinski definition) is 1. The molecule has 30 heavy (non-hydrogen) atoms. The lowest BCUT2D eigenvalue weighted by atomic mass is 10.4. The van der Waals surface area contributed by atoms with Crippen LogP contribution in [-0.2, 0) is 21.2 Å². The van der Waals surface area contributed by atoms with E-state index >= 15 is 0 Å². The van der Waals surface area contributed by atoms with Gasteiger partial charge >= 0.3 is 0 Å². The van der Waals surface area contributed by atoms with E-state index in [0.717, 1.165) is 22.7 Å². The first kappa shape index (κ1) is 20.9. The molecule has 0 radical (unpaired) electrons. The fourth-order valence-corrected chi connectivity index (χ4v) is 5.30. The van der Waals surface area contributed by atoms with Crippen molar-refractivity contribution in [1.29, 1.82) is 0 Å². The molecule has 1 aliphatic carbocycles. The molecule has 2 aromatic rings. The van der Waals surface area contributed by atoms with Crippen molar-refractivity contribution in [3.8, 4) is 0 Å². The molecule has 0 unspecified atom stereocenters. The number of nitrogens with one attached hydrogen (secondary N) is 1. The standard InChI is InChI=1S/C19H24N6O3S2/c1-3-4-16-21-19(22-18(26)14-5-6-14)23-25(16)13(2)15-11-20-17(29-15)12-24-7-9-30(27,28)10-8-24/h3-4,11,14H,2,5-10,12H2,1H3,(H,22,23,26)/b4-3-. The number of anilines is 1. The molecule has 1 aliphatic heterocycles. The van der Waals surface area contributed by atoms with Crippen LogP contribution in [0.25, 0.3) is 11.8 Å². The summed E-state index contributed by atoms with van der Waals surface area (Å²) in [7, 11) is -2.90.